The van der Waals surface area contributed by atoms with E-state index in [-0.39, 0.29) is 55.9 Å². The lowest BCUT2D eigenvalue weighted by Gasteiger charge is -2.28. The van der Waals surface area contributed by atoms with E-state index in [1.807, 2.05) is 13.8 Å². The number of aromatic nitrogens is 2. The third-order valence-corrected chi connectivity index (χ3v) is 6.11. The molecule has 3 amide bonds. The average molecular weight is 594 g/mol. The Kier molecular flexibility index (Phi) is 10.7. The van der Waals surface area contributed by atoms with Crippen LogP contribution in [0.15, 0.2) is 24.3 Å². The second-order valence-electron chi connectivity index (χ2n) is 11.3. The Morgan fingerprint density at radius 1 is 1.12 bits per heavy atom. The number of nitrogens with zero attached hydrogens (tertiary/aromatic N) is 4. The average Bonchev–Trinajstić information content (AvgIpc) is 2.99. The zero-order valence-electron chi connectivity index (χ0n) is 25.9. The highest BCUT2D eigenvalue weighted by molar-refractivity contribution is 6.10. The van der Waals surface area contributed by atoms with Crippen molar-refractivity contribution in [3.8, 4) is 17.7 Å². The molecule has 0 spiro atoms. The maximum absolute atomic E-state index is 13.7. The number of rotatable bonds is 8. The number of aryl methyl sites for hydroxylation is 1. The Labute approximate surface area is 252 Å². The van der Waals surface area contributed by atoms with Crippen molar-refractivity contribution in [2.24, 2.45) is 0 Å². The zero-order chi connectivity index (χ0) is 31.9. The van der Waals surface area contributed by atoms with E-state index in [2.05, 4.69) is 27.1 Å². The summed E-state index contributed by atoms with van der Waals surface area (Å²) < 4.78 is 15.9. The van der Waals surface area contributed by atoms with Gasteiger partial charge in [-0.1, -0.05) is 11.8 Å². The number of fused-ring (bicyclic) bond motifs is 1. The molecule has 0 saturated carbocycles. The van der Waals surface area contributed by atoms with Gasteiger partial charge in [-0.15, -0.1) is 0 Å². The summed E-state index contributed by atoms with van der Waals surface area (Å²) in [6.07, 6.45) is -0.716. The second-order valence-corrected chi connectivity index (χ2v) is 11.3. The van der Waals surface area contributed by atoms with E-state index >= 15 is 0 Å². The number of nitrogens with one attached hydrogen (secondary N) is 1. The van der Waals surface area contributed by atoms with Gasteiger partial charge in [0.1, 0.15) is 12.1 Å². The van der Waals surface area contributed by atoms with Crippen molar-refractivity contribution < 1.29 is 33.4 Å². The van der Waals surface area contributed by atoms with Gasteiger partial charge in [-0.05, 0) is 73.6 Å². The van der Waals surface area contributed by atoms with Crippen molar-refractivity contribution >= 4 is 35.5 Å². The van der Waals surface area contributed by atoms with Gasteiger partial charge in [0.05, 0.1) is 24.3 Å². The van der Waals surface area contributed by atoms with Gasteiger partial charge in [-0.3, -0.25) is 19.7 Å². The highest BCUT2D eigenvalue weighted by Gasteiger charge is 2.35. The molecule has 0 radical (unpaired) electrons. The van der Waals surface area contributed by atoms with Gasteiger partial charge in [0, 0.05) is 29.4 Å². The van der Waals surface area contributed by atoms with Crippen LogP contribution in [0.2, 0.25) is 0 Å². The fraction of sp³-hybridized carbons (Fsp3) is 0.484. The van der Waals surface area contributed by atoms with Crippen molar-refractivity contribution in [1.82, 2.24) is 14.9 Å². The smallest absolute Gasteiger partial charge is 0.414 e. The summed E-state index contributed by atoms with van der Waals surface area (Å²) in [5, 5.41) is 2.49. The van der Waals surface area contributed by atoms with Crippen molar-refractivity contribution in [1.29, 1.82) is 0 Å². The van der Waals surface area contributed by atoms with Crippen LogP contribution in [0, 0.1) is 18.8 Å². The highest BCUT2D eigenvalue weighted by Crippen LogP contribution is 2.30. The first-order valence-corrected chi connectivity index (χ1v) is 14.1. The normalized spacial score (nSPS) is 13.9. The van der Waals surface area contributed by atoms with Gasteiger partial charge in [-0.25, -0.2) is 9.78 Å². The number of carbonyl (C=O) groups is 4. The van der Waals surface area contributed by atoms with Crippen LogP contribution in [0.1, 0.15) is 76.5 Å². The minimum atomic E-state index is -0.687. The van der Waals surface area contributed by atoms with Crippen LogP contribution in [-0.4, -0.2) is 76.2 Å². The van der Waals surface area contributed by atoms with Crippen molar-refractivity contribution in [3.63, 3.8) is 0 Å². The molecule has 230 valence electrons. The summed E-state index contributed by atoms with van der Waals surface area (Å²) >= 11 is 0. The Morgan fingerprint density at radius 2 is 1.84 bits per heavy atom. The molecule has 1 aromatic carbocycles. The Hall–Kier alpha value is -4.66. The summed E-state index contributed by atoms with van der Waals surface area (Å²) in [4.78, 5) is 62.4. The number of esters is 1. The van der Waals surface area contributed by atoms with Crippen molar-refractivity contribution in [3.05, 3.63) is 41.1 Å². The summed E-state index contributed by atoms with van der Waals surface area (Å²) in [7, 11) is 0. The maximum Gasteiger partial charge on any atom is 0.414 e. The third kappa shape index (κ3) is 9.16. The fourth-order valence-corrected chi connectivity index (χ4v) is 4.38. The molecule has 1 aliphatic heterocycles. The molecule has 43 heavy (non-hydrogen) atoms. The first-order chi connectivity index (χ1) is 20.2. The molecule has 0 bridgehead atoms. The number of anilines is 2. The van der Waals surface area contributed by atoms with Crippen LogP contribution in [0.3, 0.4) is 0 Å². The molecule has 12 heteroatoms. The monoisotopic (exact) mass is 593 g/mol. The molecule has 2 aromatic rings. The van der Waals surface area contributed by atoms with Crippen molar-refractivity contribution in [2.75, 3.05) is 30.0 Å². The molecule has 12 nitrogen and oxygen atoms in total. The summed E-state index contributed by atoms with van der Waals surface area (Å²) in [6, 6.07) is 5.93. The summed E-state index contributed by atoms with van der Waals surface area (Å²) in [6.45, 7) is 14.2. The fourth-order valence-electron chi connectivity index (χ4n) is 4.38. The highest BCUT2D eigenvalue weighted by atomic mass is 16.6. The zero-order valence-corrected chi connectivity index (χ0v) is 25.9. The van der Waals surface area contributed by atoms with E-state index in [1.165, 1.54) is 4.90 Å². The molecule has 1 aromatic heterocycles. The van der Waals surface area contributed by atoms with Gasteiger partial charge in [0.25, 0.3) is 5.91 Å². The third-order valence-electron chi connectivity index (χ3n) is 6.11. The predicted octanol–water partition coefficient (Wildman–Crippen LogP) is 4.10. The van der Waals surface area contributed by atoms with E-state index in [9.17, 15) is 19.2 Å². The van der Waals surface area contributed by atoms with E-state index in [4.69, 9.17) is 14.2 Å². The minimum absolute atomic E-state index is 0.0295. The molecule has 0 fully saturated rings. The largest absolute Gasteiger partial charge is 0.466 e. The van der Waals surface area contributed by atoms with Gasteiger partial charge in [0.15, 0.2) is 6.61 Å². The summed E-state index contributed by atoms with van der Waals surface area (Å²) in [5.41, 5.74) is 1.23. The molecular formula is C31H39N5O7. The van der Waals surface area contributed by atoms with Gasteiger partial charge in [-0.2, -0.15) is 4.98 Å². The number of hydrogen-bond acceptors (Lipinski definition) is 9. The Balaban J connectivity index is 1.80. The van der Waals surface area contributed by atoms with Gasteiger partial charge >= 0.3 is 12.1 Å². The summed E-state index contributed by atoms with van der Waals surface area (Å²) in [5.74, 6) is 5.08. The minimum Gasteiger partial charge on any atom is -0.466 e. The number of amides is 3. The van der Waals surface area contributed by atoms with E-state index in [1.54, 1.807) is 70.7 Å². The number of hydrogen-bond donors (Lipinski definition) is 1. The Bertz CT molecular complexity index is 1440. The van der Waals surface area contributed by atoms with Gasteiger partial charge < -0.3 is 24.0 Å². The van der Waals surface area contributed by atoms with Crippen molar-refractivity contribution in [2.45, 2.75) is 79.5 Å². The predicted molar refractivity (Wildman–Crippen MR) is 160 cm³/mol. The van der Waals surface area contributed by atoms with Gasteiger partial charge in [0.2, 0.25) is 17.7 Å². The second kappa shape index (κ2) is 14.0. The molecule has 1 atom stereocenters. The molecular weight excluding hydrogens is 554 g/mol. The van der Waals surface area contributed by atoms with Crippen LogP contribution in [0.4, 0.5) is 16.4 Å². The van der Waals surface area contributed by atoms with E-state index < -0.39 is 23.7 Å². The van der Waals surface area contributed by atoms with E-state index in [0.717, 1.165) is 0 Å². The standard InChI is InChI=1S/C31H39N5O7/c1-9-41-27(38)16-21(5)35-18-26(37)36(19(2)3)24-13-12-22(17-23(24)28(35)39)11-10-14-42-25-15-20(4)32-29(33-25)34-30(40)43-31(6,7)8/h12-13,15,17,19,21H,9,14,16,18H2,1-8H3,(H,32,33,34,40). The van der Waals surface area contributed by atoms with Crippen LogP contribution >= 0.6 is 0 Å². The van der Waals surface area contributed by atoms with Crippen LogP contribution in [0.25, 0.3) is 0 Å². The molecule has 1 aliphatic rings. The molecule has 0 saturated heterocycles. The van der Waals surface area contributed by atoms with Crippen LogP contribution < -0.4 is 15.0 Å². The lowest BCUT2D eigenvalue weighted by atomic mass is 10.0. The molecule has 3 rings (SSSR count). The first kappa shape index (κ1) is 32.8. The number of carbonyl (C=O) groups excluding carboxylic acids is 4. The van der Waals surface area contributed by atoms with E-state index in [0.29, 0.717) is 22.5 Å². The Morgan fingerprint density at radius 3 is 2.49 bits per heavy atom. The first-order valence-electron chi connectivity index (χ1n) is 14.1. The number of ether oxygens (including phenoxy) is 3. The SMILES string of the molecule is CCOC(=O)CC(C)N1CC(=O)N(C(C)C)c2ccc(C#CCOc3cc(C)nc(NC(=O)OC(C)(C)C)n3)cc2C1=O. The number of benzene rings is 1. The topological polar surface area (TPSA) is 140 Å². The lowest BCUT2D eigenvalue weighted by Crippen LogP contribution is -2.46. The molecule has 2 heterocycles. The molecule has 1 unspecified atom stereocenters. The molecule has 0 aliphatic carbocycles. The lowest BCUT2D eigenvalue weighted by molar-refractivity contribution is -0.144. The quantitative estimate of drug-likeness (QED) is 0.354. The van der Waals surface area contributed by atoms with Crippen LogP contribution in [0.5, 0.6) is 5.88 Å². The maximum atomic E-state index is 13.7. The van der Waals surface area contributed by atoms with Crippen LogP contribution in [-0.2, 0) is 19.1 Å². The molecule has 1 N–H and O–H groups in total.